The lowest BCUT2D eigenvalue weighted by Gasteiger charge is -2.00. The Balaban J connectivity index is 3.15. The van der Waals surface area contributed by atoms with E-state index in [9.17, 15) is 0 Å². The first kappa shape index (κ1) is 8.82. The summed E-state index contributed by atoms with van der Waals surface area (Å²) >= 11 is 9.19. The van der Waals surface area contributed by atoms with Crippen molar-refractivity contribution in [2.75, 3.05) is 0 Å². The lowest BCUT2D eigenvalue weighted by Crippen LogP contribution is -1.77. The Labute approximate surface area is 80.0 Å². The monoisotopic (exact) mass is 230 g/mol. The Kier molecular flexibility index (Phi) is 2.74. The van der Waals surface area contributed by atoms with Crippen LogP contribution in [0.15, 0.2) is 29.3 Å². The minimum absolute atomic E-state index is 0.727. The van der Waals surface area contributed by atoms with E-state index in [0.29, 0.717) is 0 Å². The van der Waals surface area contributed by atoms with Crippen LogP contribution in [0.2, 0.25) is 5.02 Å². The van der Waals surface area contributed by atoms with Gasteiger partial charge in [-0.3, -0.25) is 0 Å². The molecule has 0 aliphatic rings. The van der Waals surface area contributed by atoms with Gasteiger partial charge in [0, 0.05) is 4.47 Å². The minimum Gasteiger partial charge on any atom is -0.0955 e. The predicted molar refractivity (Wildman–Crippen MR) is 53.9 cm³/mol. The van der Waals surface area contributed by atoms with Crippen molar-refractivity contribution >= 4 is 33.1 Å². The average molecular weight is 232 g/mol. The summed E-state index contributed by atoms with van der Waals surface area (Å²) in [5.41, 5.74) is 2.11. The molecule has 0 unspecified atom stereocenters. The van der Waals surface area contributed by atoms with E-state index in [1.165, 1.54) is 0 Å². The zero-order valence-electron chi connectivity index (χ0n) is 6.20. The van der Waals surface area contributed by atoms with E-state index in [0.717, 1.165) is 20.6 Å². The van der Waals surface area contributed by atoms with Crippen LogP contribution in [0, 0.1) is 0 Å². The molecule has 11 heavy (non-hydrogen) atoms. The lowest BCUT2D eigenvalue weighted by atomic mass is 10.1. The molecule has 0 aliphatic carbocycles. The van der Waals surface area contributed by atoms with E-state index in [1.807, 2.05) is 25.1 Å². The van der Waals surface area contributed by atoms with E-state index in [1.54, 1.807) is 0 Å². The molecule has 1 aromatic carbocycles. The summed E-state index contributed by atoms with van der Waals surface area (Å²) in [7, 11) is 0. The summed E-state index contributed by atoms with van der Waals surface area (Å²) in [6.45, 7) is 5.78. The molecule has 0 saturated heterocycles. The summed E-state index contributed by atoms with van der Waals surface area (Å²) in [6.07, 6.45) is 0. The molecule has 0 saturated carbocycles. The number of rotatable bonds is 1. The minimum atomic E-state index is 0.727. The molecular weight excluding hydrogens is 223 g/mol. The molecule has 58 valence electrons. The highest BCUT2D eigenvalue weighted by molar-refractivity contribution is 9.10. The van der Waals surface area contributed by atoms with Crippen molar-refractivity contribution in [3.8, 4) is 0 Å². The summed E-state index contributed by atoms with van der Waals surface area (Å²) in [5, 5.41) is 0.727. The van der Waals surface area contributed by atoms with Crippen LogP contribution in [0.4, 0.5) is 0 Å². The van der Waals surface area contributed by atoms with Crippen molar-refractivity contribution in [3.05, 3.63) is 39.8 Å². The number of hydrogen-bond acceptors (Lipinski definition) is 0. The summed E-state index contributed by atoms with van der Waals surface area (Å²) in [5.74, 6) is 0. The second kappa shape index (κ2) is 3.42. The smallest absolute Gasteiger partial charge is 0.0554 e. The van der Waals surface area contributed by atoms with E-state index in [4.69, 9.17) is 11.6 Å². The van der Waals surface area contributed by atoms with Crippen molar-refractivity contribution < 1.29 is 0 Å². The van der Waals surface area contributed by atoms with Crippen LogP contribution in [-0.4, -0.2) is 0 Å². The van der Waals surface area contributed by atoms with Crippen molar-refractivity contribution in [3.63, 3.8) is 0 Å². The maximum absolute atomic E-state index is 5.87. The molecular formula is C9H8BrCl. The second-order valence-corrected chi connectivity index (χ2v) is 3.67. The van der Waals surface area contributed by atoms with Gasteiger partial charge in [-0.1, -0.05) is 29.8 Å². The second-order valence-electron chi connectivity index (χ2n) is 2.41. The first-order chi connectivity index (χ1) is 5.11. The van der Waals surface area contributed by atoms with Gasteiger partial charge in [-0.15, -0.1) is 0 Å². The van der Waals surface area contributed by atoms with Crippen LogP contribution < -0.4 is 0 Å². The molecule has 2 heteroatoms. The number of benzene rings is 1. The first-order valence-electron chi connectivity index (χ1n) is 3.22. The van der Waals surface area contributed by atoms with Crippen molar-refractivity contribution in [2.24, 2.45) is 0 Å². The van der Waals surface area contributed by atoms with Crippen molar-refractivity contribution in [1.29, 1.82) is 0 Å². The summed E-state index contributed by atoms with van der Waals surface area (Å²) in [4.78, 5) is 0. The summed E-state index contributed by atoms with van der Waals surface area (Å²) in [6, 6.07) is 5.80. The van der Waals surface area contributed by atoms with Crippen molar-refractivity contribution in [2.45, 2.75) is 6.92 Å². The molecule has 0 nitrogen and oxygen atoms in total. The van der Waals surface area contributed by atoms with Gasteiger partial charge in [0.25, 0.3) is 0 Å². The van der Waals surface area contributed by atoms with Gasteiger partial charge in [-0.2, -0.15) is 0 Å². The zero-order chi connectivity index (χ0) is 8.43. The molecule has 0 atom stereocenters. The highest BCUT2D eigenvalue weighted by Gasteiger charge is 1.98. The van der Waals surface area contributed by atoms with Crippen LogP contribution in [0.25, 0.3) is 5.57 Å². The SMILES string of the molecule is C=C(C)c1ccc(Br)c(Cl)c1. The van der Waals surface area contributed by atoms with E-state index >= 15 is 0 Å². The van der Waals surface area contributed by atoms with Gasteiger partial charge in [0.15, 0.2) is 0 Å². The maximum Gasteiger partial charge on any atom is 0.0554 e. The molecule has 0 heterocycles. The Morgan fingerprint density at radius 1 is 1.55 bits per heavy atom. The van der Waals surface area contributed by atoms with Gasteiger partial charge in [-0.05, 0) is 40.5 Å². The fraction of sp³-hybridized carbons (Fsp3) is 0.111. The van der Waals surface area contributed by atoms with E-state index < -0.39 is 0 Å². The van der Waals surface area contributed by atoms with Gasteiger partial charge in [-0.25, -0.2) is 0 Å². The molecule has 0 spiro atoms. The maximum atomic E-state index is 5.87. The van der Waals surface area contributed by atoms with E-state index in [-0.39, 0.29) is 0 Å². The number of halogens is 2. The molecule has 0 fully saturated rings. The zero-order valence-corrected chi connectivity index (χ0v) is 8.54. The third kappa shape index (κ3) is 2.08. The topological polar surface area (TPSA) is 0 Å². The van der Waals surface area contributed by atoms with Gasteiger partial charge in [0.05, 0.1) is 5.02 Å². The highest BCUT2D eigenvalue weighted by atomic mass is 79.9. The third-order valence-electron chi connectivity index (χ3n) is 1.41. The number of allylic oxidation sites excluding steroid dienone is 1. The normalized spacial score (nSPS) is 9.73. The Morgan fingerprint density at radius 2 is 2.18 bits per heavy atom. The standard InChI is InChI=1S/C9H8BrCl/c1-6(2)7-3-4-8(10)9(11)5-7/h3-5H,1H2,2H3. The van der Waals surface area contributed by atoms with Gasteiger partial charge >= 0.3 is 0 Å². The van der Waals surface area contributed by atoms with Gasteiger partial charge < -0.3 is 0 Å². The molecule has 0 aliphatic heterocycles. The molecule has 0 N–H and O–H groups in total. The highest BCUT2D eigenvalue weighted by Crippen LogP contribution is 2.25. The fourth-order valence-electron chi connectivity index (χ4n) is 0.762. The fourth-order valence-corrected chi connectivity index (χ4v) is 1.19. The molecule has 0 bridgehead atoms. The summed E-state index contributed by atoms with van der Waals surface area (Å²) < 4.78 is 0.921. The van der Waals surface area contributed by atoms with Crippen LogP contribution in [0.1, 0.15) is 12.5 Å². The van der Waals surface area contributed by atoms with Gasteiger partial charge in [0.1, 0.15) is 0 Å². The molecule has 0 radical (unpaired) electrons. The molecule has 1 rings (SSSR count). The Bertz CT molecular complexity index is 292. The van der Waals surface area contributed by atoms with E-state index in [2.05, 4.69) is 22.5 Å². The largest absolute Gasteiger partial charge is 0.0955 e. The van der Waals surface area contributed by atoms with Crippen LogP contribution in [0.3, 0.4) is 0 Å². The number of hydrogen-bond donors (Lipinski definition) is 0. The van der Waals surface area contributed by atoms with Crippen LogP contribution >= 0.6 is 27.5 Å². The van der Waals surface area contributed by atoms with Crippen molar-refractivity contribution in [1.82, 2.24) is 0 Å². The Hall–Kier alpha value is -0.270. The molecule has 0 amide bonds. The van der Waals surface area contributed by atoms with Crippen LogP contribution in [-0.2, 0) is 0 Å². The molecule has 1 aromatic rings. The average Bonchev–Trinajstić information content (AvgIpc) is 1.94. The Morgan fingerprint density at radius 3 is 2.64 bits per heavy atom. The van der Waals surface area contributed by atoms with Crippen LogP contribution in [0.5, 0.6) is 0 Å². The predicted octanol–water partition coefficient (Wildman–Crippen LogP) is 4.14. The quantitative estimate of drug-likeness (QED) is 0.681. The first-order valence-corrected chi connectivity index (χ1v) is 4.39. The van der Waals surface area contributed by atoms with Gasteiger partial charge in [0.2, 0.25) is 0 Å². The lowest BCUT2D eigenvalue weighted by molar-refractivity contribution is 1.55. The molecule has 0 aromatic heterocycles. The third-order valence-corrected chi connectivity index (χ3v) is 2.64.